The summed E-state index contributed by atoms with van der Waals surface area (Å²) in [5.74, 6) is 1.16. The van der Waals surface area contributed by atoms with E-state index in [0.717, 1.165) is 25.9 Å². The minimum atomic E-state index is 0. The molecule has 5 heteroatoms. The second kappa shape index (κ2) is 9.99. The first-order chi connectivity index (χ1) is 8.66. The molecule has 2 unspecified atom stereocenters. The molecular formula is C15H30Cl2N2O. The molecule has 2 fully saturated rings. The summed E-state index contributed by atoms with van der Waals surface area (Å²) in [6.07, 6.45) is 7.48. The molecule has 1 saturated carbocycles. The predicted molar refractivity (Wildman–Crippen MR) is 89.2 cm³/mol. The van der Waals surface area contributed by atoms with Crippen molar-refractivity contribution in [2.24, 2.45) is 11.8 Å². The Morgan fingerprint density at radius 1 is 1.00 bits per heavy atom. The Hall–Kier alpha value is 0.170. The molecule has 3 nitrogen and oxygen atoms in total. The van der Waals surface area contributed by atoms with Crippen molar-refractivity contribution >= 4 is 30.6 Å². The van der Waals surface area contributed by atoms with Crippen LogP contribution in [0.15, 0.2) is 0 Å². The highest BCUT2D eigenvalue weighted by molar-refractivity contribution is 5.85. The van der Waals surface area contributed by atoms with Gasteiger partial charge in [-0.3, -0.25) is 4.79 Å². The maximum absolute atomic E-state index is 12.5. The van der Waals surface area contributed by atoms with Crippen molar-refractivity contribution < 1.29 is 4.79 Å². The van der Waals surface area contributed by atoms with Crippen LogP contribution in [0.5, 0.6) is 0 Å². The van der Waals surface area contributed by atoms with Gasteiger partial charge >= 0.3 is 0 Å². The van der Waals surface area contributed by atoms with E-state index in [1.54, 1.807) is 0 Å². The van der Waals surface area contributed by atoms with E-state index in [2.05, 4.69) is 23.9 Å². The molecule has 0 aromatic carbocycles. The Bertz CT molecular complexity index is 281. The van der Waals surface area contributed by atoms with E-state index >= 15 is 0 Å². The minimum Gasteiger partial charge on any atom is -0.309 e. The number of Topliss-reactive ketones (excluding diaryl/α,β-unsaturated/α-hetero) is 1. The van der Waals surface area contributed by atoms with Gasteiger partial charge in [0.2, 0.25) is 0 Å². The van der Waals surface area contributed by atoms with Gasteiger partial charge in [-0.15, -0.1) is 24.8 Å². The summed E-state index contributed by atoms with van der Waals surface area (Å²) in [7, 11) is 4.14. The topological polar surface area (TPSA) is 23.6 Å². The third-order valence-electron chi connectivity index (χ3n) is 4.42. The summed E-state index contributed by atoms with van der Waals surface area (Å²) in [6.45, 7) is 4.39. The fourth-order valence-corrected chi connectivity index (χ4v) is 3.49. The SMILES string of the molecule is CN(C)CC1CCCC(CN2CCCCC2)C1=O.Cl.Cl. The zero-order chi connectivity index (χ0) is 13.0. The first-order valence-corrected chi connectivity index (χ1v) is 7.57. The summed E-state index contributed by atoms with van der Waals surface area (Å²) in [5.41, 5.74) is 0. The fraction of sp³-hybridized carbons (Fsp3) is 0.933. The molecule has 0 spiro atoms. The number of carbonyl (C=O) groups is 1. The lowest BCUT2D eigenvalue weighted by Gasteiger charge is -2.34. The summed E-state index contributed by atoms with van der Waals surface area (Å²) in [4.78, 5) is 17.2. The smallest absolute Gasteiger partial charge is 0.141 e. The summed E-state index contributed by atoms with van der Waals surface area (Å²) in [6, 6.07) is 0. The molecule has 2 aliphatic rings. The molecule has 120 valence electrons. The fourth-order valence-electron chi connectivity index (χ4n) is 3.49. The number of nitrogens with zero attached hydrogens (tertiary/aromatic N) is 2. The molecule has 1 heterocycles. The zero-order valence-electron chi connectivity index (χ0n) is 12.8. The van der Waals surface area contributed by atoms with Crippen LogP contribution in [0.3, 0.4) is 0 Å². The summed E-state index contributed by atoms with van der Waals surface area (Å²) in [5, 5.41) is 0. The summed E-state index contributed by atoms with van der Waals surface area (Å²) >= 11 is 0. The van der Waals surface area contributed by atoms with Crippen LogP contribution in [0.2, 0.25) is 0 Å². The summed E-state index contributed by atoms with van der Waals surface area (Å²) < 4.78 is 0. The van der Waals surface area contributed by atoms with E-state index in [4.69, 9.17) is 0 Å². The molecule has 0 aromatic heterocycles. The molecule has 0 amide bonds. The first-order valence-electron chi connectivity index (χ1n) is 7.57. The van der Waals surface area contributed by atoms with Crippen molar-refractivity contribution in [2.75, 3.05) is 40.3 Å². The second-order valence-electron chi connectivity index (χ2n) is 6.35. The van der Waals surface area contributed by atoms with Crippen molar-refractivity contribution in [1.29, 1.82) is 0 Å². The predicted octanol–water partition coefficient (Wildman–Crippen LogP) is 2.86. The normalized spacial score (nSPS) is 27.9. The van der Waals surface area contributed by atoms with Crippen LogP contribution in [0.4, 0.5) is 0 Å². The van der Waals surface area contributed by atoms with E-state index in [1.807, 2.05) is 0 Å². The molecule has 2 rings (SSSR count). The third kappa shape index (κ3) is 5.88. The molecule has 0 aromatic rings. The average Bonchev–Trinajstić information content (AvgIpc) is 2.35. The molecule has 1 saturated heterocycles. The Labute approximate surface area is 136 Å². The van der Waals surface area contributed by atoms with Crippen LogP contribution in [-0.2, 0) is 4.79 Å². The number of piperidine rings is 1. The van der Waals surface area contributed by atoms with Gasteiger partial charge in [0.25, 0.3) is 0 Å². The molecular weight excluding hydrogens is 295 g/mol. The van der Waals surface area contributed by atoms with Crippen LogP contribution >= 0.6 is 24.8 Å². The molecule has 1 aliphatic heterocycles. The molecule has 0 N–H and O–H groups in total. The Morgan fingerprint density at radius 2 is 1.60 bits per heavy atom. The van der Waals surface area contributed by atoms with Crippen LogP contribution in [0.1, 0.15) is 38.5 Å². The van der Waals surface area contributed by atoms with E-state index in [9.17, 15) is 4.79 Å². The van der Waals surface area contributed by atoms with Gasteiger partial charge in [0.1, 0.15) is 5.78 Å². The van der Waals surface area contributed by atoms with Crippen LogP contribution < -0.4 is 0 Å². The second-order valence-corrected chi connectivity index (χ2v) is 6.35. The van der Waals surface area contributed by atoms with Gasteiger partial charge < -0.3 is 9.80 Å². The van der Waals surface area contributed by atoms with Crippen LogP contribution in [-0.4, -0.2) is 55.9 Å². The Balaban J connectivity index is 0.00000180. The van der Waals surface area contributed by atoms with Gasteiger partial charge in [-0.25, -0.2) is 0 Å². The lowest BCUT2D eigenvalue weighted by molar-refractivity contribution is -0.130. The first kappa shape index (κ1) is 20.2. The molecule has 0 bridgehead atoms. The number of carbonyl (C=O) groups excluding carboxylic acids is 1. The van der Waals surface area contributed by atoms with Gasteiger partial charge in [-0.2, -0.15) is 0 Å². The maximum atomic E-state index is 12.5. The highest BCUT2D eigenvalue weighted by Gasteiger charge is 2.32. The van der Waals surface area contributed by atoms with Crippen molar-refractivity contribution in [2.45, 2.75) is 38.5 Å². The number of likely N-dealkylation sites (tertiary alicyclic amines) is 1. The van der Waals surface area contributed by atoms with Gasteiger partial charge in [-0.1, -0.05) is 12.8 Å². The highest BCUT2D eigenvalue weighted by atomic mass is 35.5. The largest absolute Gasteiger partial charge is 0.309 e. The Morgan fingerprint density at radius 3 is 2.20 bits per heavy atom. The standard InChI is InChI=1S/C15H28N2O.2ClH/c1-16(2)11-13-7-6-8-14(15(13)18)12-17-9-4-3-5-10-17;;/h13-14H,3-12H2,1-2H3;2*1H. The zero-order valence-corrected chi connectivity index (χ0v) is 14.5. The number of rotatable bonds is 4. The third-order valence-corrected chi connectivity index (χ3v) is 4.42. The van der Waals surface area contributed by atoms with Gasteiger partial charge in [0.15, 0.2) is 0 Å². The molecule has 1 aliphatic carbocycles. The van der Waals surface area contributed by atoms with E-state index in [0.29, 0.717) is 17.6 Å². The van der Waals surface area contributed by atoms with Crippen molar-refractivity contribution in [3.05, 3.63) is 0 Å². The quantitative estimate of drug-likeness (QED) is 0.794. The van der Waals surface area contributed by atoms with Crippen molar-refractivity contribution in [3.63, 3.8) is 0 Å². The lowest BCUT2D eigenvalue weighted by atomic mass is 9.79. The number of halogens is 2. The van der Waals surface area contributed by atoms with Crippen molar-refractivity contribution in [3.8, 4) is 0 Å². The van der Waals surface area contributed by atoms with Crippen LogP contribution in [0.25, 0.3) is 0 Å². The Kier molecular flexibility index (Phi) is 10.1. The lowest BCUT2D eigenvalue weighted by Crippen LogP contribution is -2.42. The average molecular weight is 325 g/mol. The van der Waals surface area contributed by atoms with E-state index < -0.39 is 0 Å². The minimum absolute atomic E-state index is 0. The van der Waals surface area contributed by atoms with E-state index in [1.165, 1.54) is 38.8 Å². The maximum Gasteiger partial charge on any atom is 0.141 e. The highest BCUT2D eigenvalue weighted by Crippen LogP contribution is 2.27. The molecule has 2 atom stereocenters. The van der Waals surface area contributed by atoms with Crippen LogP contribution in [0, 0.1) is 11.8 Å². The molecule has 0 radical (unpaired) electrons. The number of ketones is 1. The van der Waals surface area contributed by atoms with E-state index in [-0.39, 0.29) is 24.8 Å². The van der Waals surface area contributed by atoms with Crippen molar-refractivity contribution in [1.82, 2.24) is 9.80 Å². The van der Waals surface area contributed by atoms with Gasteiger partial charge in [0.05, 0.1) is 0 Å². The molecule has 20 heavy (non-hydrogen) atoms. The monoisotopic (exact) mass is 324 g/mol. The van der Waals surface area contributed by atoms with Gasteiger partial charge in [-0.05, 0) is 52.9 Å². The number of hydrogen-bond acceptors (Lipinski definition) is 3. The number of hydrogen-bond donors (Lipinski definition) is 0. The van der Waals surface area contributed by atoms with Gasteiger partial charge in [0, 0.05) is 24.9 Å².